The number of anilines is 1. The van der Waals surface area contributed by atoms with Gasteiger partial charge in [0.1, 0.15) is 0 Å². The molecule has 0 saturated carbocycles. The lowest BCUT2D eigenvalue weighted by Crippen LogP contribution is -2.29. The van der Waals surface area contributed by atoms with Gasteiger partial charge in [0.2, 0.25) is 6.29 Å². The number of hydrogen-bond donors (Lipinski definition) is 0. The van der Waals surface area contributed by atoms with Gasteiger partial charge in [-0.25, -0.2) is 4.90 Å². The number of para-hydroxylation sites is 1. The summed E-state index contributed by atoms with van der Waals surface area (Å²) in [4.78, 5) is 32.7. The number of nitrogens with zero attached hydrogens (tertiary/aromatic N) is 1. The highest BCUT2D eigenvalue weighted by atomic mass is 16.2. The first kappa shape index (κ1) is 13.6. The lowest BCUT2D eigenvalue weighted by molar-refractivity contribution is -0.119. The summed E-state index contributed by atoms with van der Waals surface area (Å²) < 4.78 is 0. The van der Waals surface area contributed by atoms with Gasteiger partial charge in [0.05, 0.1) is 5.69 Å². The van der Waals surface area contributed by atoms with Crippen molar-refractivity contribution in [1.29, 1.82) is 0 Å². The van der Waals surface area contributed by atoms with Gasteiger partial charge in [-0.3, -0.25) is 14.4 Å². The van der Waals surface area contributed by atoms with Crippen LogP contribution >= 0.6 is 0 Å². The molecule has 4 nitrogen and oxygen atoms in total. The molecule has 0 bridgehead atoms. The number of rotatable bonds is 2. The van der Waals surface area contributed by atoms with Crippen LogP contribution in [-0.2, 0) is 14.4 Å². The van der Waals surface area contributed by atoms with Crippen molar-refractivity contribution < 1.29 is 14.4 Å². The van der Waals surface area contributed by atoms with Crippen LogP contribution in [0.3, 0.4) is 0 Å². The van der Waals surface area contributed by atoms with E-state index in [2.05, 4.69) is 0 Å². The van der Waals surface area contributed by atoms with E-state index in [4.69, 9.17) is 0 Å². The zero-order chi connectivity index (χ0) is 13.4. The molecule has 1 radical (unpaired) electrons. The molecule has 0 atom stereocenters. The summed E-state index contributed by atoms with van der Waals surface area (Å²) in [6.45, 7) is 1.77. The Kier molecular flexibility index (Phi) is 5.25. The average molecular weight is 242 g/mol. The van der Waals surface area contributed by atoms with Gasteiger partial charge >= 0.3 is 0 Å². The topological polar surface area (TPSA) is 54.5 Å². The van der Waals surface area contributed by atoms with Crippen LogP contribution in [0.2, 0.25) is 0 Å². The SMILES string of the molecule is CC=C[C]=O.O=C1C=CC(=O)N1c1ccccc1. The van der Waals surface area contributed by atoms with Crippen molar-refractivity contribution in [2.75, 3.05) is 4.90 Å². The fraction of sp³-hybridized carbons (Fsp3) is 0.0714. The summed E-state index contributed by atoms with van der Waals surface area (Å²) in [5.74, 6) is -0.563. The zero-order valence-corrected chi connectivity index (χ0v) is 9.87. The molecular formula is C14H12NO3. The van der Waals surface area contributed by atoms with Crippen LogP contribution < -0.4 is 4.90 Å². The van der Waals surface area contributed by atoms with Crippen LogP contribution in [0.4, 0.5) is 5.69 Å². The summed E-state index contributed by atoms with van der Waals surface area (Å²) in [6.07, 6.45) is 7.08. The largest absolute Gasteiger partial charge is 0.286 e. The van der Waals surface area contributed by atoms with E-state index in [0.29, 0.717) is 5.69 Å². The van der Waals surface area contributed by atoms with Gasteiger partial charge in [-0.2, -0.15) is 0 Å². The summed E-state index contributed by atoms with van der Waals surface area (Å²) in [6, 6.07) is 8.86. The molecule has 91 valence electrons. The number of amides is 2. The monoisotopic (exact) mass is 242 g/mol. The first-order chi connectivity index (χ1) is 8.70. The predicted octanol–water partition coefficient (Wildman–Crippen LogP) is 1.79. The fourth-order valence-electron chi connectivity index (χ4n) is 1.30. The first-order valence-electron chi connectivity index (χ1n) is 5.30. The number of hydrogen-bond acceptors (Lipinski definition) is 3. The second kappa shape index (κ2) is 6.96. The third kappa shape index (κ3) is 3.52. The molecule has 0 spiro atoms. The average Bonchev–Trinajstić information content (AvgIpc) is 2.72. The standard InChI is InChI=1S/C10H7NO2.C4H5O/c12-9-6-7-10(13)11(9)8-4-2-1-3-5-8;1-2-3-4-5/h1-7H;2-3H,1H3. The predicted molar refractivity (Wildman–Crippen MR) is 68.6 cm³/mol. The Hall–Kier alpha value is -2.49. The van der Waals surface area contributed by atoms with Gasteiger partial charge in [0.25, 0.3) is 11.8 Å². The maximum Gasteiger partial charge on any atom is 0.258 e. The maximum atomic E-state index is 11.2. The van der Waals surface area contributed by atoms with E-state index in [1.807, 2.05) is 6.07 Å². The normalized spacial score (nSPS) is 13.7. The second-order valence-electron chi connectivity index (χ2n) is 3.30. The number of carbonyl (C=O) groups is 2. The van der Waals surface area contributed by atoms with E-state index >= 15 is 0 Å². The van der Waals surface area contributed by atoms with E-state index < -0.39 is 0 Å². The van der Waals surface area contributed by atoms with Gasteiger partial charge in [-0.1, -0.05) is 24.3 Å². The summed E-state index contributed by atoms with van der Waals surface area (Å²) in [7, 11) is 0. The Morgan fingerprint density at radius 1 is 1.06 bits per heavy atom. The lowest BCUT2D eigenvalue weighted by atomic mass is 10.3. The van der Waals surface area contributed by atoms with E-state index in [1.54, 1.807) is 43.6 Å². The maximum absolute atomic E-state index is 11.2. The third-order valence-corrected chi connectivity index (χ3v) is 2.06. The summed E-state index contributed by atoms with van der Waals surface area (Å²) in [5.41, 5.74) is 0.613. The van der Waals surface area contributed by atoms with Crippen LogP contribution in [0.5, 0.6) is 0 Å². The molecule has 0 aliphatic carbocycles. The molecule has 2 rings (SSSR count). The number of benzene rings is 1. The van der Waals surface area contributed by atoms with Crippen molar-refractivity contribution in [3.63, 3.8) is 0 Å². The van der Waals surface area contributed by atoms with Crippen LogP contribution in [0, 0.1) is 0 Å². The first-order valence-corrected chi connectivity index (χ1v) is 5.30. The second-order valence-corrected chi connectivity index (χ2v) is 3.30. The molecule has 18 heavy (non-hydrogen) atoms. The minimum absolute atomic E-state index is 0.281. The van der Waals surface area contributed by atoms with E-state index in [9.17, 15) is 14.4 Å². The van der Waals surface area contributed by atoms with E-state index in [1.165, 1.54) is 18.2 Å². The van der Waals surface area contributed by atoms with Crippen molar-refractivity contribution in [3.8, 4) is 0 Å². The lowest BCUT2D eigenvalue weighted by Gasteiger charge is -2.12. The van der Waals surface area contributed by atoms with Crippen molar-refractivity contribution >= 4 is 23.8 Å². The Labute approximate surface area is 105 Å². The van der Waals surface area contributed by atoms with E-state index in [0.717, 1.165) is 4.90 Å². The zero-order valence-electron chi connectivity index (χ0n) is 9.87. The van der Waals surface area contributed by atoms with Crippen LogP contribution in [0.1, 0.15) is 6.92 Å². The Morgan fingerprint density at radius 2 is 1.61 bits per heavy atom. The van der Waals surface area contributed by atoms with Crippen LogP contribution in [0.25, 0.3) is 0 Å². The minimum Gasteiger partial charge on any atom is -0.286 e. The highest BCUT2D eigenvalue weighted by Gasteiger charge is 2.24. The van der Waals surface area contributed by atoms with Gasteiger partial charge in [0.15, 0.2) is 0 Å². The molecule has 0 aromatic heterocycles. The Morgan fingerprint density at radius 3 is 2.00 bits per heavy atom. The number of allylic oxidation sites excluding steroid dienone is 2. The molecule has 0 unspecified atom stereocenters. The fourth-order valence-corrected chi connectivity index (χ4v) is 1.30. The molecule has 0 saturated heterocycles. The van der Waals surface area contributed by atoms with Crippen molar-refractivity contribution in [2.45, 2.75) is 6.92 Å². The number of imide groups is 1. The molecule has 1 heterocycles. The molecule has 1 aliphatic rings. The molecule has 4 heteroatoms. The molecule has 1 aromatic carbocycles. The molecular weight excluding hydrogens is 230 g/mol. The molecule has 0 fully saturated rings. The van der Waals surface area contributed by atoms with Crippen LogP contribution in [-0.4, -0.2) is 18.1 Å². The van der Waals surface area contributed by atoms with Gasteiger partial charge < -0.3 is 0 Å². The van der Waals surface area contributed by atoms with Gasteiger partial charge in [0, 0.05) is 12.2 Å². The molecule has 0 N–H and O–H groups in total. The van der Waals surface area contributed by atoms with Gasteiger partial charge in [-0.15, -0.1) is 0 Å². The quantitative estimate of drug-likeness (QED) is 0.587. The molecule has 2 amide bonds. The number of carbonyl (C=O) groups excluding carboxylic acids is 3. The van der Waals surface area contributed by atoms with Crippen molar-refractivity contribution in [1.82, 2.24) is 0 Å². The summed E-state index contributed by atoms with van der Waals surface area (Å²) >= 11 is 0. The highest BCUT2D eigenvalue weighted by molar-refractivity contribution is 6.28. The highest BCUT2D eigenvalue weighted by Crippen LogP contribution is 2.17. The Balaban J connectivity index is 0.000000280. The Bertz CT molecular complexity index is 471. The molecule has 1 aliphatic heterocycles. The van der Waals surface area contributed by atoms with E-state index in [-0.39, 0.29) is 11.8 Å². The molecule has 1 aromatic rings. The minimum atomic E-state index is -0.281. The smallest absolute Gasteiger partial charge is 0.258 e. The third-order valence-electron chi connectivity index (χ3n) is 2.06. The van der Waals surface area contributed by atoms with Gasteiger partial charge in [-0.05, 0) is 25.1 Å². The van der Waals surface area contributed by atoms with Crippen molar-refractivity contribution in [2.24, 2.45) is 0 Å². The van der Waals surface area contributed by atoms with Crippen LogP contribution in [0.15, 0.2) is 54.6 Å². The van der Waals surface area contributed by atoms with Crippen molar-refractivity contribution in [3.05, 3.63) is 54.6 Å². The summed E-state index contributed by atoms with van der Waals surface area (Å²) in [5, 5.41) is 0.